The van der Waals surface area contributed by atoms with Gasteiger partial charge >= 0.3 is 0 Å². The summed E-state index contributed by atoms with van der Waals surface area (Å²) in [5, 5.41) is 0.699. The molecule has 0 amide bonds. The summed E-state index contributed by atoms with van der Waals surface area (Å²) in [5.74, 6) is 0.950. The quantitative estimate of drug-likeness (QED) is 0.855. The second-order valence-corrected chi connectivity index (χ2v) is 6.29. The van der Waals surface area contributed by atoms with Gasteiger partial charge in [0.2, 0.25) is 0 Å². The lowest BCUT2D eigenvalue weighted by Gasteiger charge is -2.28. The van der Waals surface area contributed by atoms with Crippen LogP contribution in [0, 0.1) is 5.92 Å². The molecule has 16 heavy (non-hydrogen) atoms. The van der Waals surface area contributed by atoms with Crippen molar-refractivity contribution in [1.82, 2.24) is 9.88 Å². The number of hydrogen-bond donors (Lipinski definition) is 1. The van der Waals surface area contributed by atoms with E-state index in [2.05, 4.69) is 16.8 Å². The molecule has 1 heterocycles. The average Bonchev–Trinajstić information content (AvgIpc) is 3.13. The molecular formula is C12H19N3S. The van der Waals surface area contributed by atoms with Crippen LogP contribution < -0.4 is 5.73 Å². The normalized spacial score (nSPS) is 22.6. The fourth-order valence-corrected chi connectivity index (χ4v) is 3.13. The molecule has 1 aromatic rings. The molecule has 88 valence electrons. The maximum absolute atomic E-state index is 5.68. The third kappa shape index (κ3) is 2.23. The molecule has 2 aliphatic carbocycles. The van der Waals surface area contributed by atoms with E-state index in [4.69, 9.17) is 5.73 Å². The summed E-state index contributed by atoms with van der Waals surface area (Å²) in [4.78, 5) is 8.13. The van der Waals surface area contributed by atoms with Crippen molar-refractivity contribution >= 4 is 16.5 Å². The second kappa shape index (κ2) is 4.00. The van der Waals surface area contributed by atoms with Gasteiger partial charge in [0.15, 0.2) is 5.13 Å². The van der Waals surface area contributed by atoms with Crippen molar-refractivity contribution < 1.29 is 0 Å². The van der Waals surface area contributed by atoms with E-state index in [1.807, 2.05) is 6.20 Å². The summed E-state index contributed by atoms with van der Waals surface area (Å²) in [7, 11) is 0. The van der Waals surface area contributed by atoms with E-state index in [1.165, 1.54) is 30.6 Å². The largest absolute Gasteiger partial charge is 0.375 e. The lowest BCUT2D eigenvalue weighted by molar-refractivity contribution is 0.172. The Morgan fingerprint density at radius 1 is 1.50 bits per heavy atom. The van der Waals surface area contributed by atoms with Gasteiger partial charge in [0.1, 0.15) is 0 Å². The van der Waals surface area contributed by atoms with Gasteiger partial charge in [-0.3, -0.25) is 4.90 Å². The molecule has 3 nitrogen and oxygen atoms in total. The highest BCUT2D eigenvalue weighted by Crippen LogP contribution is 2.40. The van der Waals surface area contributed by atoms with E-state index in [0.717, 1.165) is 24.5 Å². The van der Waals surface area contributed by atoms with Crippen molar-refractivity contribution in [1.29, 1.82) is 0 Å². The summed E-state index contributed by atoms with van der Waals surface area (Å²) >= 11 is 1.64. The fourth-order valence-electron chi connectivity index (χ4n) is 2.44. The van der Waals surface area contributed by atoms with Crippen molar-refractivity contribution in [3.8, 4) is 0 Å². The van der Waals surface area contributed by atoms with Crippen LogP contribution in [0.4, 0.5) is 5.13 Å². The van der Waals surface area contributed by atoms with Crippen LogP contribution in [0.1, 0.15) is 37.5 Å². The lowest BCUT2D eigenvalue weighted by Crippen LogP contribution is -2.35. The van der Waals surface area contributed by atoms with Gasteiger partial charge in [-0.2, -0.15) is 0 Å². The highest BCUT2D eigenvalue weighted by atomic mass is 32.1. The van der Waals surface area contributed by atoms with Gasteiger partial charge in [0.25, 0.3) is 0 Å². The first kappa shape index (κ1) is 10.5. The van der Waals surface area contributed by atoms with Crippen molar-refractivity contribution in [3.63, 3.8) is 0 Å². The maximum atomic E-state index is 5.68. The number of nitrogens with two attached hydrogens (primary N) is 1. The Hall–Kier alpha value is -0.610. The predicted octanol–water partition coefficient (Wildman–Crippen LogP) is 2.49. The van der Waals surface area contributed by atoms with Crippen LogP contribution >= 0.6 is 11.3 Å². The molecule has 4 heteroatoms. The smallest absolute Gasteiger partial charge is 0.180 e. The SMILES string of the molecule is CC(C1CC1)N(Cc1cnc(N)s1)C1CC1. The number of rotatable bonds is 5. The summed E-state index contributed by atoms with van der Waals surface area (Å²) in [6.45, 7) is 3.44. The minimum absolute atomic E-state index is 0.699. The number of thiazole rings is 1. The van der Waals surface area contributed by atoms with E-state index in [1.54, 1.807) is 11.3 Å². The van der Waals surface area contributed by atoms with Crippen LogP contribution in [-0.2, 0) is 6.54 Å². The fraction of sp³-hybridized carbons (Fsp3) is 0.750. The molecule has 0 radical (unpaired) electrons. The monoisotopic (exact) mass is 237 g/mol. The lowest BCUT2D eigenvalue weighted by atomic mass is 10.1. The maximum Gasteiger partial charge on any atom is 0.180 e. The zero-order valence-corrected chi connectivity index (χ0v) is 10.5. The van der Waals surface area contributed by atoms with Crippen LogP contribution in [0.2, 0.25) is 0 Å². The molecule has 0 aliphatic heterocycles. The average molecular weight is 237 g/mol. The van der Waals surface area contributed by atoms with Crippen molar-refractivity contribution in [3.05, 3.63) is 11.1 Å². The van der Waals surface area contributed by atoms with Crippen molar-refractivity contribution in [2.45, 2.75) is 51.2 Å². The Labute approximate surface area is 101 Å². The van der Waals surface area contributed by atoms with Crippen LogP contribution in [0.3, 0.4) is 0 Å². The molecule has 0 saturated heterocycles. The Morgan fingerprint density at radius 2 is 2.25 bits per heavy atom. The van der Waals surface area contributed by atoms with E-state index < -0.39 is 0 Å². The first-order chi connectivity index (χ1) is 7.74. The van der Waals surface area contributed by atoms with Gasteiger partial charge in [0.05, 0.1) is 0 Å². The van der Waals surface area contributed by atoms with E-state index in [0.29, 0.717) is 5.13 Å². The third-order valence-electron chi connectivity index (χ3n) is 3.75. The molecule has 1 atom stereocenters. The molecule has 0 spiro atoms. The van der Waals surface area contributed by atoms with Gasteiger partial charge in [-0.05, 0) is 38.5 Å². The Kier molecular flexibility index (Phi) is 2.64. The third-order valence-corrected chi connectivity index (χ3v) is 4.56. The van der Waals surface area contributed by atoms with Crippen molar-refractivity contribution in [2.75, 3.05) is 5.73 Å². The van der Waals surface area contributed by atoms with Gasteiger partial charge in [0, 0.05) is 29.7 Å². The molecule has 0 aromatic carbocycles. The number of anilines is 1. The number of aromatic nitrogens is 1. The van der Waals surface area contributed by atoms with Crippen LogP contribution in [0.5, 0.6) is 0 Å². The molecule has 3 rings (SSSR count). The van der Waals surface area contributed by atoms with E-state index in [9.17, 15) is 0 Å². The molecule has 2 aliphatic rings. The Morgan fingerprint density at radius 3 is 2.75 bits per heavy atom. The van der Waals surface area contributed by atoms with Gasteiger partial charge in [-0.1, -0.05) is 0 Å². The first-order valence-electron chi connectivity index (χ1n) is 6.20. The number of hydrogen-bond acceptors (Lipinski definition) is 4. The molecule has 2 fully saturated rings. The van der Waals surface area contributed by atoms with Gasteiger partial charge < -0.3 is 5.73 Å². The topological polar surface area (TPSA) is 42.2 Å². The first-order valence-corrected chi connectivity index (χ1v) is 7.01. The van der Waals surface area contributed by atoms with Crippen LogP contribution in [0.15, 0.2) is 6.20 Å². The van der Waals surface area contributed by atoms with Crippen LogP contribution in [-0.4, -0.2) is 22.0 Å². The Balaban J connectivity index is 1.68. The summed E-state index contributed by atoms with van der Waals surface area (Å²) in [6, 6.07) is 1.58. The van der Waals surface area contributed by atoms with Crippen LogP contribution in [0.25, 0.3) is 0 Å². The van der Waals surface area contributed by atoms with Crippen molar-refractivity contribution in [2.24, 2.45) is 5.92 Å². The molecule has 2 N–H and O–H groups in total. The summed E-state index contributed by atoms with van der Waals surface area (Å²) in [6.07, 6.45) is 7.55. The highest BCUT2D eigenvalue weighted by molar-refractivity contribution is 7.15. The molecule has 1 unspecified atom stereocenters. The zero-order chi connectivity index (χ0) is 11.1. The summed E-state index contributed by atoms with van der Waals surface area (Å²) in [5.41, 5.74) is 5.68. The molecular weight excluding hydrogens is 218 g/mol. The molecule has 0 bridgehead atoms. The Bertz CT molecular complexity index is 368. The minimum atomic E-state index is 0.699. The van der Waals surface area contributed by atoms with Gasteiger partial charge in [-0.15, -0.1) is 11.3 Å². The number of nitrogen functional groups attached to an aromatic ring is 1. The zero-order valence-electron chi connectivity index (χ0n) is 9.72. The minimum Gasteiger partial charge on any atom is -0.375 e. The standard InChI is InChI=1S/C12H19N3S/c1-8(9-2-3-9)15(10-4-5-10)7-11-6-14-12(13)16-11/h6,8-10H,2-5,7H2,1H3,(H2,13,14). The predicted molar refractivity (Wildman–Crippen MR) is 67.3 cm³/mol. The van der Waals surface area contributed by atoms with E-state index >= 15 is 0 Å². The highest BCUT2D eigenvalue weighted by Gasteiger charge is 2.39. The molecule has 2 saturated carbocycles. The molecule has 1 aromatic heterocycles. The second-order valence-electron chi connectivity index (χ2n) is 5.15. The number of nitrogens with zero attached hydrogens (tertiary/aromatic N) is 2. The summed E-state index contributed by atoms with van der Waals surface area (Å²) < 4.78 is 0. The van der Waals surface area contributed by atoms with E-state index in [-0.39, 0.29) is 0 Å². The van der Waals surface area contributed by atoms with Gasteiger partial charge in [-0.25, -0.2) is 4.98 Å².